The lowest BCUT2D eigenvalue weighted by Gasteiger charge is -2.34. The third-order valence-corrected chi connectivity index (χ3v) is 16.4. The molecule has 0 heterocycles. The van der Waals surface area contributed by atoms with Crippen LogP contribution in [0.25, 0.3) is 0 Å². The number of urea groups is 4. The fourth-order valence-electron chi connectivity index (χ4n) is 9.61. The number of hydrogen-bond donors (Lipinski definition) is 0. The molecule has 0 saturated carbocycles. The first-order valence-electron chi connectivity index (χ1n) is 30.2. The van der Waals surface area contributed by atoms with Crippen LogP contribution in [0.4, 0.5) is 64.7 Å². The second kappa shape index (κ2) is 35.6. The van der Waals surface area contributed by atoms with Crippen LogP contribution in [0, 0.1) is 0 Å². The molecule has 0 aliphatic heterocycles. The Labute approximate surface area is 511 Å². The van der Waals surface area contributed by atoms with Crippen LogP contribution in [0.2, 0.25) is 0 Å². The van der Waals surface area contributed by atoms with Crippen molar-refractivity contribution in [1.82, 2.24) is 0 Å². The highest BCUT2D eigenvalue weighted by Crippen LogP contribution is 2.38. The maximum atomic E-state index is 15.3. The third kappa shape index (κ3) is 18.6. The number of carbonyl (C=O) groups is 4. The van der Waals surface area contributed by atoms with Crippen LogP contribution < -0.4 is 39.2 Å². The van der Waals surface area contributed by atoms with Gasteiger partial charge in [-0.15, -0.1) is 0 Å². The summed E-state index contributed by atoms with van der Waals surface area (Å²) in [6.07, 6.45) is 13.9. The van der Waals surface area contributed by atoms with E-state index in [2.05, 4.69) is 103 Å². The van der Waals surface area contributed by atoms with E-state index in [0.29, 0.717) is 62.5 Å². The van der Waals surface area contributed by atoms with Crippen LogP contribution in [0.5, 0.6) is 0 Å². The zero-order valence-electron chi connectivity index (χ0n) is 49.8. The largest absolute Gasteiger partial charge is 0.328 e. The minimum absolute atomic E-state index is 0.0696. The lowest BCUT2D eigenvalue weighted by molar-refractivity contribution is 0.250. The molecule has 0 bridgehead atoms. The Morgan fingerprint density at radius 2 is 0.469 bits per heavy atom. The molecule has 5 aromatic carbocycles. The summed E-state index contributed by atoms with van der Waals surface area (Å²) in [5.41, 5.74) is 6.15. The fraction of sp³-hybridized carbons (Fsp3) is 0.485. The molecule has 15 heteroatoms. The first-order valence-corrected chi connectivity index (χ1v) is 32.6. The van der Waals surface area contributed by atoms with Gasteiger partial charge in [0, 0.05) is 94.2 Å². The maximum Gasteiger partial charge on any atom is 0.328 e. The monoisotopic (exact) mass is 1300 g/mol. The molecule has 0 unspecified atom stereocenters. The van der Waals surface area contributed by atoms with Crippen molar-refractivity contribution >= 4 is 117 Å². The topological polar surface area (TPSA) is 94.2 Å². The van der Waals surface area contributed by atoms with E-state index >= 15 is 9.59 Å². The summed E-state index contributed by atoms with van der Waals surface area (Å²) in [5, 5.41) is 0. The number of halogens is 3. The van der Waals surface area contributed by atoms with Gasteiger partial charge < -0.3 is 0 Å². The van der Waals surface area contributed by atoms with E-state index < -0.39 is 0 Å². The molecule has 8 amide bonds. The summed E-state index contributed by atoms with van der Waals surface area (Å²) >= 11 is 11.7. The Morgan fingerprint density at radius 1 is 0.272 bits per heavy atom. The number of nitrogens with zero attached hydrogens (tertiary/aromatic N) is 8. The van der Waals surface area contributed by atoms with E-state index in [-0.39, 0.29) is 24.1 Å². The van der Waals surface area contributed by atoms with Crippen molar-refractivity contribution in [2.24, 2.45) is 0 Å². The van der Waals surface area contributed by atoms with Gasteiger partial charge in [-0.05, 0) is 178 Å². The van der Waals surface area contributed by atoms with Gasteiger partial charge in [-0.1, -0.05) is 143 Å². The average molecular weight is 1300 g/mol. The zero-order chi connectivity index (χ0) is 58.7. The second-order valence-electron chi connectivity index (χ2n) is 20.8. The number of benzene rings is 5. The van der Waals surface area contributed by atoms with Gasteiger partial charge in [0.1, 0.15) is 0 Å². The molecule has 0 saturated heterocycles. The molecule has 5 aromatic rings. The molecule has 440 valence electrons. The van der Waals surface area contributed by atoms with Crippen molar-refractivity contribution in [3.8, 4) is 0 Å². The van der Waals surface area contributed by atoms with Gasteiger partial charge in [0.05, 0.1) is 17.1 Å². The molecule has 12 nitrogen and oxygen atoms in total. The highest BCUT2D eigenvalue weighted by molar-refractivity contribution is 9.11. The van der Waals surface area contributed by atoms with Gasteiger partial charge in [-0.3, -0.25) is 39.2 Å². The molecular weight excluding hydrogens is 1210 g/mol. The van der Waals surface area contributed by atoms with Crippen LogP contribution in [0.1, 0.15) is 158 Å². The first-order chi connectivity index (χ1) is 39.3. The number of hydrogen-bond acceptors (Lipinski definition) is 4. The molecule has 0 atom stereocenters. The van der Waals surface area contributed by atoms with Gasteiger partial charge in [-0.2, -0.15) is 0 Å². The predicted molar refractivity (Wildman–Crippen MR) is 355 cm³/mol. The Hall–Kier alpha value is -5.38. The van der Waals surface area contributed by atoms with Crippen molar-refractivity contribution in [3.63, 3.8) is 0 Å². The Morgan fingerprint density at radius 3 is 0.679 bits per heavy atom. The van der Waals surface area contributed by atoms with E-state index in [1.165, 1.54) is 0 Å². The molecule has 0 spiro atoms. The van der Waals surface area contributed by atoms with Gasteiger partial charge in [0.2, 0.25) is 0 Å². The number of carbonyl (C=O) groups excluding carboxylic acids is 4. The molecule has 0 N–H and O–H groups in total. The van der Waals surface area contributed by atoms with Crippen LogP contribution in [0.3, 0.4) is 0 Å². The highest BCUT2D eigenvalue weighted by Gasteiger charge is 2.31. The molecule has 81 heavy (non-hydrogen) atoms. The van der Waals surface area contributed by atoms with E-state index in [9.17, 15) is 9.59 Å². The zero-order valence-corrected chi connectivity index (χ0v) is 54.5. The molecule has 0 aliphatic carbocycles. The van der Waals surface area contributed by atoms with E-state index in [1.54, 1.807) is 0 Å². The van der Waals surface area contributed by atoms with Gasteiger partial charge >= 0.3 is 24.1 Å². The molecule has 0 radical (unpaired) electrons. The summed E-state index contributed by atoms with van der Waals surface area (Å²) in [6, 6.07) is 37.1. The van der Waals surface area contributed by atoms with Gasteiger partial charge in [-0.25, -0.2) is 19.2 Å². The summed E-state index contributed by atoms with van der Waals surface area (Å²) in [6.45, 7) is 21.3. The summed E-state index contributed by atoms with van der Waals surface area (Å²) in [4.78, 5) is 74.8. The Kier molecular flexibility index (Phi) is 29.2. The third-order valence-electron chi connectivity index (χ3n) is 14.5. The van der Waals surface area contributed by atoms with Crippen molar-refractivity contribution in [3.05, 3.63) is 129 Å². The van der Waals surface area contributed by atoms with Crippen molar-refractivity contribution in [2.45, 2.75) is 158 Å². The number of amides is 8. The van der Waals surface area contributed by atoms with Crippen molar-refractivity contribution in [2.75, 3.05) is 91.6 Å². The second-order valence-corrected chi connectivity index (χ2v) is 23.3. The van der Waals surface area contributed by atoms with Crippen LogP contribution >= 0.6 is 47.8 Å². The smallest absolute Gasteiger partial charge is 0.294 e. The van der Waals surface area contributed by atoms with E-state index in [4.69, 9.17) is 0 Å². The van der Waals surface area contributed by atoms with E-state index in [1.807, 2.05) is 154 Å². The minimum atomic E-state index is -0.152. The Bertz CT molecular complexity index is 2720. The van der Waals surface area contributed by atoms with Gasteiger partial charge in [0.15, 0.2) is 0 Å². The fourth-order valence-corrected chi connectivity index (χ4v) is 11.4. The number of unbranched alkanes of at least 4 members (excludes halogenated alkanes) is 8. The lowest BCUT2D eigenvalue weighted by Crippen LogP contribution is -2.46. The van der Waals surface area contributed by atoms with Gasteiger partial charge in [0.25, 0.3) is 0 Å². The molecular formula is C66H91Br3N8O4. The molecule has 0 aliphatic rings. The maximum absolute atomic E-state index is 15.3. The van der Waals surface area contributed by atoms with Crippen LogP contribution in [-0.2, 0) is 0 Å². The molecule has 5 rings (SSSR count). The molecule has 0 fully saturated rings. The normalized spacial score (nSPS) is 11.0. The quantitative estimate of drug-likeness (QED) is 0.0429. The Balaban J connectivity index is 1.50. The highest BCUT2D eigenvalue weighted by atomic mass is 79.9. The number of para-hydroxylation sites is 2. The van der Waals surface area contributed by atoms with Crippen molar-refractivity contribution in [1.29, 1.82) is 0 Å². The average Bonchev–Trinajstić information content (AvgIpc) is 3.48. The first kappa shape index (κ1) is 66.4. The van der Waals surface area contributed by atoms with Crippen LogP contribution in [0.15, 0.2) is 129 Å². The summed E-state index contributed by atoms with van der Waals surface area (Å²) in [5.74, 6) is 0. The van der Waals surface area contributed by atoms with Crippen molar-refractivity contribution < 1.29 is 19.2 Å². The molecule has 0 aromatic heterocycles. The summed E-state index contributed by atoms with van der Waals surface area (Å²) < 4.78 is 2.16. The van der Waals surface area contributed by atoms with Crippen LogP contribution in [-0.4, -0.2) is 76.5 Å². The standard InChI is InChI=1S/C66H91Br3N8O4/c1-9-17-41-70(52-31-27-25-28-32-52)63(78)72(43-19-11-3)54-35-38-61(57(67)49-54)76(47-23-15-7)65(80)74(45-21-13-5)56-37-40-62(59(69)51-56)77(48-24-16-8)66(81)73(44-20-12-4)55-36-39-60(58(68)50-55)75(46-22-14-6)64(79)71(42-18-10-2)53-33-29-26-30-34-53/h25-40,49-51H,9-24,41-48H2,1-8H3. The predicted octanol–water partition coefficient (Wildman–Crippen LogP) is 20.1. The number of rotatable bonds is 32. The van der Waals surface area contributed by atoms with E-state index in [0.717, 1.165) is 151 Å². The SMILES string of the molecule is CCCCN(C(=O)N(CCCC)c1ccc(N(CCCC)C(=O)N(CCCC)c2ccc(N(CCCC)C(=O)N(CCCC)c3ccc(N(CCCC)C(=O)N(CCCC)c4ccccc4)c(Br)c3)c(Br)c2)c(Br)c1)c1ccccc1. The lowest BCUT2D eigenvalue weighted by atomic mass is 10.2. The number of anilines is 8. The minimum Gasteiger partial charge on any atom is -0.294 e. The summed E-state index contributed by atoms with van der Waals surface area (Å²) in [7, 11) is 0.